The molecule has 0 atom stereocenters. The van der Waals surface area contributed by atoms with Gasteiger partial charge in [-0.2, -0.15) is 0 Å². The van der Waals surface area contributed by atoms with Crippen molar-refractivity contribution in [2.45, 2.75) is 26.7 Å². The second-order valence-corrected chi connectivity index (χ2v) is 9.05. The van der Waals surface area contributed by atoms with Crippen LogP contribution < -0.4 is 10.2 Å². The topological polar surface area (TPSA) is 78.4 Å². The highest BCUT2D eigenvalue weighted by Gasteiger charge is 2.22. The molecule has 8 heteroatoms. The minimum Gasteiger partial charge on any atom is -0.339 e. The number of hydrogen-bond donors (Lipinski definition) is 1. The smallest absolute Gasteiger partial charge is 0.265 e. The number of carbonyl (C=O) groups is 2. The van der Waals surface area contributed by atoms with E-state index in [0.29, 0.717) is 25.5 Å². The Morgan fingerprint density at radius 1 is 1.06 bits per heavy atom. The third-order valence-corrected chi connectivity index (χ3v) is 6.75. The molecule has 1 aromatic carbocycles. The minimum absolute atomic E-state index is 0.0955. The van der Waals surface area contributed by atoms with E-state index in [-0.39, 0.29) is 11.8 Å². The molecule has 3 heterocycles. The number of aromatic nitrogens is 2. The number of amides is 2. The molecule has 32 heavy (non-hydrogen) atoms. The largest absolute Gasteiger partial charge is 0.339 e. The first kappa shape index (κ1) is 22.0. The van der Waals surface area contributed by atoms with Crippen LogP contribution in [0.25, 0.3) is 0 Å². The first-order chi connectivity index (χ1) is 15.5. The van der Waals surface area contributed by atoms with Gasteiger partial charge >= 0.3 is 0 Å². The lowest BCUT2D eigenvalue weighted by atomic mass is 10.1. The number of thiophene rings is 1. The molecule has 0 saturated carbocycles. The molecule has 4 rings (SSSR count). The number of aryl methyl sites for hydroxylation is 2. The average molecular weight is 450 g/mol. The molecule has 1 N–H and O–H groups in total. The van der Waals surface area contributed by atoms with Gasteiger partial charge in [-0.1, -0.05) is 19.1 Å². The quantitative estimate of drug-likeness (QED) is 0.623. The fourth-order valence-corrected chi connectivity index (χ4v) is 4.79. The Balaban J connectivity index is 1.29. The van der Waals surface area contributed by atoms with Gasteiger partial charge in [0.05, 0.1) is 11.3 Å². The second-order valence-electron chi connectivity index (χ2n) is 7.79. The molecule has 2 aromatic heterocycles. The fourth-order valence-electron chi connectivity index (χ4n) is 3.78. The number of nitrogens with zero attached hydrogens (tertiary/aromatic N) is 4. The van der Waals surface area contributed by atoms with Crippen LogP contribution in [0.15, 0.2) is 48.8 Å². The third-order valence-electron chi connectivity index (χ3n) is 5.66. The summed E-state index contributed by atoms with van der Waals surface area (Å²) < 4.78 is 0. The van der Waals surface area contributed by atoms with Crippen molar-refractivity contribution in [3.8, 4) is 0 Å². The van der Waals surface area contributed by atoms with E-state index < -0.39 is 0 Å². The highest BCUT2D eigenvalue weighted by molar-refractivity contribution is 7.14. The summed E-state index contributed by atoms with van der Waals surface area (Å²) in [7, 11) is 0. The Hall–Kier alpha value is -3.26. The highest BCUT2D eigenvalue weighted by Crippen LogP contribution is 2.23. The summed E-state index contributed by atoms with van der Waals surface area (Å²) in [6.07, 6.45) is 4.74. The van der Waals surface area contributed by atoms with Crippen molar-refractivity contribution in [1.29, 1.82) is 0 Å². The number of anilines is 2. The van der Waals surface area contributed by atoms with Crippen LogP contribution in [0.4, 0.5) is 11.6 Å². The maximum atomic E-state index is 12.7. The SMILES string of the molecule is CCc1cc(C(=O)Nc2ccc(CC(=O)N3CCN(c4ncccn4)CC3)cc2)sc1C. The summed E-state index contributed by atoms with van der Waals surface area (Å²) in [4.78, 5) is 39.7. The van der Waals surface area contributed by atoms with Crippen molar-refractivity contribution in [3.63, 3.8) is 0 Å². The molecule has 0 spiro atoms. The van der Waals surface area contributed by atoms with Crippen LogP contribution in [0.2, 0.25) is 0 Å². The van der Waals surface area contributed by atoms with Gasteiger partial charge in [0.25, 0.3) is 5.91 Å². The van der Waals surface area contributed by atoms with Gasteiger partial charge in [-0.25, -0.2) is 9.97 Å². The van der Waals surface area contributed by atoms with Crippen molar-refractivity contribution >= 4 is 34.8 Å². The molecule has 1 fully saturated rings. The molecule has 3 aromatic rings. The van der Waals surface area contributed by atoms with Gasteiger partial charge in [0.1, 0.15) is 0 Å². The molecule has 0 aliphatic carbocycles. The average Bonchev–Trinajstić information content (AvgIpc) is 3.22. The maximum absolute atomic E-state index is 12.7. The molecule has 1 saturated heterocycles. The highest BCUT2D eigenvalue weighted by atomic mass is 32.1. The number of carbonyl (C=O) groups excluding carboxylic acids is 2. The fraction of sp³-hybridized carbons (Fsp3) is 0.333. The van der Waals surface area contributed by atoms with Gasteiger partial charge in [-0.15, -0.1) is 11.3 Å². The lowest BCUT2D eigenvalue weighted by Crippen LogP contribution is -2.49. The van der Waals surface area contributed by atoms with E-state index in [1.54, 1.807) is 18.5 Å². The Bertz CT molecular complexity index is 1070. The zero-order valence-electron chi connectivity index (χ0n) is 18.4. The summed E-state index contributed by atoms with van der Waals surface area (Å²) in [5.41, 5.74) is 2.87. The van der Waals surface area contributed by atoms with E-state index in [0.717, 1.165) is 35.6 Å². The van der Waals surface area contributed by atoms with Crippen molar-refractivity contribution in [1.82, 2.24) is 14.9 Å². The molecule has 2 amide bonds. The van der Waals surface area contributed by atoms with Crippen LogP contribution in [-0.4, -0.2) is 52.9 Å². The minimum atomic E-state index is -0.0955. The predicted molar refractivity (Wildman–Crippen MR) is 127 cm³/mol. The number of rotatable bonds is 6. The normalized spacial score (nSPS) is 13.8. The van der Waals surface area contributed by atoms with Crippen LogP contribution in [0.1, 0.15) is 32.6 Å². The summed E-state index contributed by atoms with van der Waals surface area (Å²) in [6.45, 7) is 6.90. The predicted octanol–water partition coefficient (Wildman–Crippen LogP) is 3.55. The van der Waals surface area contributed by atoms with Crippen molar-refractivity contribution in [2.75, 3.05) is 36.4 Å². The first-order valence-corrected chi connectivity index (χ1v) is 11.6. The van der Waals surface area contributed by atoms with Crippen LogP contribution >= 0.6 is 11.3 Å². The standard InChI is InChI=1S/C24H27N5O2S/c1-3-19-16-21(32-17(19)2)23(31)27-20-7-5-18(6-8-20)15-22(30)28-11-13-29(14-12-28)24-25-9-4-10-26-24/h4-10,16H,3,11-15H2,1-2H3,(H,27,31). The number of piperazine rings is 1. The molecule has 0 unspecified atom stereocenters. The van der Waals surface area contributed by atoms with E-state index in [1.807, 2.05) is 42.2 Å². The van der Waals surface area contributed by atoms with E-state index in [1.165, 1.54) is 21.8 Å². The monoisotopic (exact) mass is 449 g/mol. The van der Waals surface area contributed by atoms with Gasteiger partial charge in [-0.05, 0) is 48.7 Å². The van der Waals surface area contributed by atoms with Crippen molar-refractivity contribution in [3.05, 3.63) is 69.7 Å². The first-order valence-electron chi connectivity index (χ1n) is 10.8. The molecule has 166 valence electrons. The van der Waals surface area contributed by atoms with Crippen molar-refractivity contribution < 1.29 is 9.59 Å². The Morgan fingerprint density at radius 3 is 2.38 bits per heavy atom. The molecule has 7 nitrogen and oxygen atoms in total. The lowest BCUT2D eigenvalue weighted by Gasteiger charge is -2.34. The summed E-state index contributed by atoms with van der Waals surface area (Å²) >= 11 is 1.52. The van der Waals surface area contributed by atoms with Crippen LogP contribution in [-0.2, 0) is 17.6 Å². The maximum Gasteiger partial charge on any atom is 0.265 e. The zero-order chi connectivity index (χ0) is 22.5. The van der Waals surface area contributed by atoms with Gasteiger partial charge < -0.3 is 15.1 Å². The van der Waals surface area contributed by atoms with E-state index in [2.05, 4.69) is 27.1 Å². The van der Waals surface area contributed by atoms with Gasteiger partial charge in [0.2, 0.25) is 11.9 Å². The summed E-state index contributed by atoms with van der Waals surface area (Å²) in [5.74, 6) is 0.722. The van der Waals surface area contributed by atoms with Crippen LogP contribution in [0, 0.1) is 6.92 Å². The third kappa shape index (κ3) is 5.13. The Labute approximate surface area is 192 Å². The summed E-state index contributed by atoms with van der Waals surface area (Å²) in [5, 5.41) is 2.95. The number of hydrogen-bond acceptors (Lipinski definition) is 6. The molecular weight excluding hydrogens is 422 g/mol. The molecule has 0 bridgehead atoms. The molecule has 1 aliphatic heterocycles. The van der Waals surface area contributed by atoms with Gasteiger partial charge in [-0.3, -0.25) is 9.59 Å². The van der Waals surface area contributed by atoms with Crippen LogP contribution in [0.5, 0.6) is 0 Å². The number of benzene rings is 1. The Morgan fingerprint density at radius 2 is 1.75 bits per heavy atom. The van der Waals surface area contributed by atoms with Crippen LogP contribution in [0.3, 0.4) is 0 Å². The van der Waals surface area contributed by atoms with Gasteiger partial charge in [0, 0.05) is 49.1 Å². The van der Waals surface area contributed by atoms with E-state index >= 15 is 0 Å². The number of nitrogens with one attached hydrogen (secondary N) is 1. The second kappa shape index (κ2) is 9.91. The van der Waals surface area contributed by atoms with Crippen molar-refractivity contribution in [2.24, 2.45) is 0 Å². The molecule has 0 radical (unpaired) electrons. The Kier molecular flexibility index (Phi) is 6.80. The molecular formula is C24H27N5O2S. The van der Waals surface area contributed by atoms with Gasteiger partial charge in [0.15, 0.2) is 0 Å². The molecule has 1 aliphatic rings. The zero-order valence-corrected chi connectivity index (χ0v) is 19.2. The lowest BCUT2D eigenvalue weighted by molar-refractivity contribution is -0.130. The summed E-state index contributed by atoms with van der Waals surface area (Å²) in [6, 6.07) is 11.3. The van der Waals surface area contributed by atoms with E-state index in [9.17, 15) is 9.59 Å². The van der Waals surface area contributed by atoms with E-state index in [4.69, 9.17) is 0 Å².